The van der Waals surface area contributed by atoms with Crippen molar-refractivity contribution in [2.24, 2.45) is 10.9 Å². The van der Waals surface area contributed by atoms with E-state index in [-0.39, 0.29) is 29.8 Å². The SMILES string of the molecule is CCn1c(=NC(=O)C2CCN(S(=O)(=O)c3ccc(Cl)cc3)CC2)sc2cc(OC)c(OC)cc21. The minimum Gasteiger partial charge on any atom is -0.493 e. The van der Waals surface area contributed by atoms with E-state index < -0.39 is 10.0 Å². The van der Waals surface area contributed by atoms with E-state index in [1.165, 1.54) is 27.8 Å². The third kappa shape index (κ3) is 4.72. The molecule has 2 heterocycles. The van der Waals surface area contributed by atoms with Crippen LogP contribution >= 0.6 is 22.9 Å². The number of rotatable bonds is 6. The van der Waals surface area contributed by atoms with Gasteiger partial charge in [0, 0.05) is 42.7 Å². The van der Waals surface area contributed by atoms with Gasteiger partial charge >= 0.3 is 0 Å². The van der Waals surface area contributed by atoms with Gasteiger partial charge in [-0.1, -0.05) is 22.9 Å². The number of hydrogen-bond donors (Lipinski definition) is 0. The van der Waals surface area contributed by atoms with Crippen LogP contribution < -0.4 is 14.3 Å². The van der Waals surface area contributed by atoms with Gasteiger partial charge in [-0.15, -0.1) is 0 Å². The summed E-state index contributed by atoms with van der Waals surface area (Å²) in [5, 5.41) is 0.479. The van der Waals surface area contributed by atoms with Crippen molar-refractivity contribution < 1.29 is 22.7 Å². The number of piperidine rings is 1. The van der Waals surface area contributed by atoms with Gasteiger partial charge in [0.05, 0.1) is 29.3 Å². The van der Waals surface area contributed by atoms with E-state index in [2.05, 4.69) is 4.99 Å². The number of sulfonamides is 1. The Hall–Kier alpha value is -2.40. The number of benzene rings is 2. The summed E-state index contributed by atoms with van der Waals surface area (Å²) in [5.41, 5.74) is 0.917. The third-order valence-corrected chi connectivity index (χ3v) is 9.17. The Balaban J connectivity index is 1.54. The average Bonchev–Trinajstić information content (AvgIpc) is 3.18. The highest BCUT2D eigenvalue weighted by Gasteiger charge is 2.32. The molecule has 1 amide bonds. The Morgan fingerprint density at radius 3 is 2.32 bits per heavy atom. The molecule has 0 saturated carbocycles. The first-order chi connectivity index (χ1) is 16.3. The van der Waals surface area contributed by atoms with E-state index in [0.717, 1.165) is 10.2 Å². The van der Waals surface area contributed by atoms with Crippen LogP contribution in [0.15, 0.2) is 46.3 Å². The molecule has 2 aromatic carbocycles. The van der Waals surface area contributed by atoms with Crippen LogP contribution in [0.3, 0.4) is 0 Å². The molecule has 0 spiro atoms. The number of halogens is 1. The number of carbonyl (C=O) groups excluding carboxylic acids is 1. The molecular weight excluding hydrogens is 498 g/mol. The van der Waals surface area contributed by atoms with Crippen molar-refractivity contribution in [3.05, 3.63) is 46.2 Å². The molecule has 11 heteroatoms. The molecule has 1 aliphatic heterocycles. The van der Waals surface area contributed by atoms with Crippen LogP contribution in [0.1, 0.15) is 19.8 Å². The first-order valence-corrected chi connectivity index (χ1v) is 13.5. The van der Waals surface area contributed by atoms with Crippen molar-refractivity contribution in [2.75, 3.05) is 27.3 Å². The number of thiazole rings is 1. The van der Waals surface area contributed by atoms with E-state index in [4.69, 9.17) is 21.1 Å². The Labute approximate surface area is 207 Å². The molecule has 1 saturated heterocycles. The zero-order valence-electron chi connectivity index (χ0n) is 19.2. The lowest BCUT2D eigenvalue weighted by atomic mass is 9.98. The first-order valence-electron chi connectivity index (χ1n) is 10.9. The summed E-state index contributed by atoms with van der Waals surface area (Å²) in [6.45, 7) is 3.17. The Morgan fingerprint density at radius 1 is 1.12 bits per heavy atom. The van der Waals surface area contributed by atoms with Gasteiger partial charge < -0.3 is 14.0 Å². The van der Waals surface area contributed by atoms with Crippen LogP contribution in [-0.4, -0.2) is 50.5 Å². The summed E-state index contributed by atoms with van der Waals surface area (Å²) in [5.74, 6) is 0.682. The van der Waals surface area contributed by atoms with Crippen LogP contribution in [-0.2, 0) is 21.4 Å². The van der Waals surface area contributed by atoms with Crippen LogP contribution in [0, 0.1) is 5.92 Å². The molecule has 3 aromatic rings. The maximum atomic E-state index is 13.0. The van der Waals surface area contributed by atoms with Crippen LogP contribution in [0.25, 0.3) is 10.2 Å². The van der Waals surface area contributed by atoms with E-state index in [9.17, 15) is 13.2 Å². The lowest BCUT2D eigenvalue weighted by Crippen LogP contribution is -2.40. The molecular formula is C23H26ClN3O5S2. The smallest absolute Gasteiger partial charge is 0.251 e. The molecule has 1 fully saturated rings. The van der Waals surface area contributed by atoms with Crippen molar-refractivity contribution in [1.29, 1.82) is 0 Å². The maximum absolute atomic E-state index is 13.0. The number of methoxy groups -OCH3 is 2. The van der Waals surface area contributed by atoms with E-state index in [0.29, 0.717) is 40.7 Å². The zero-order valence-corrected chi connectivity index (χ0v) is 21.5. The van der Waals surface area contributed by atoms with Crippen molar-refractivity contribution in [3.63, 3.8) is 0 Å². The second-order valence-corrected chi connectivity index (χ2v) is 11.3. The summed E-state index contributed by atoms with van der Waals surface area (Å²) in [6, 6.07) is 9.89. The van der Waals surface area contributed by atoms with Gasteiger partial charge in [-0.05, 0) is 44.0 Å². The molecule has 0 N–H and O–H groups in total. The fourth-order valence-electron chi connectivity index (χ4n) is 4.07. The molecule has 0 radical (unpaired) electrons. The summed E-state index contributed by atoms with van der Waals surface area (Å²) in [6.07, 6.45) is 0.849. The molecule has 0 aliphatic carbocycles. The second kappa shape index (κ2) is 10.1. The van der Waals surface area contributed by atoms with Crippen molar-refractivity contribution in [2.45, 2.75) is 31.2 Å². The lowest BCUT2D eigenvalue weighted by Gasteiger charge is -2.29. The van der Waals surface area contributed by atoms with E-state index in [1.807, 2.05) is 23.6 Å². The molecule has 0 bridgehead atoms. The second-order valence-electron chi connectivity index (χ2n) is 7.89. The van der Waals surface area contributed by atoms with Gasteiger partial charge in [-0.2, -0.15) is 9.30 Å². The standard InChI is InChI=1S/C23H26ClN3O5S2/c1-4-27-18-13-19(31-2)20(32-3)14-21(18)33-23(27)25-22(28)15-9-11-26(12-10-15)34(29,30)17-7-5-16(24)6-8-17/h5-8,13-15H,4,9-12H2,1-3H3. The minimum absolute atomic E-state index is 0.200. The number of fused-ring (bicyclic) bond motifs is 1. The predicted molar refractivity (Wildman–Crippen MR) is 132 cm³/mol. The molecule has 34 heavy (non-hydrogen) atoms. The Kier molecular flexibility index (Phi) is 7.32. The van der Waals surface area contributed by atoms with Crippen molar-refractivity contribution >= 4 is 49.1 Å². The largest absolute Gasteiger partial charge is 0.493 e. The molecule has 0 atom stereocenters. The quantitative estimate of drug-likeness (QED) is 0.488. The number of nitrogens with zero attached hydrogens (tertiary/aromatic N) is 3. The van der Waals surface area contributed by atoms with Gasteiger partial charge in [-0.25, -0.2) is 8.42 Å². The topological polar surface area (TPSA) is 90.2 Å². The monoisotopic (exact) mass is 523 g/mol. The fraction of sp³-hybridized carbons (Fsp3) is 0.391. The molecule has 4 rings (SSSR count). The fourth-order valence-corrected chi connectivity index (χ4v) is 6.78. The van der Waals surface area contributed by atoms with Crippen LogP contribution in [0.4, 0.5) is 0 Å². The van der Waals surface area contributed by atoms with Gasteiger partial charge in [-0.3, -0.25) is 4.79 Å². The summed E-state index contributed by atoms with van der Waals surface area (Å²) in [7, 11) is -0.454. The zero-order chi connectivity index (χ0) is 24.5. The summed E-state index contributed by atoms with van der Waals surface area (Å²) in [4.78, 5) is 18.3. The minimum atomic E-state index is -3.62. The van der Waals surface area contributed by atoms with Crippen LogP contribution in [0.2, 0.25) is 5.02 Å². The number of aromatic nitrogens is 1. The van der Waals surface area contributed by atoms with Gasteiger partial charge in [0.2, 0.25) is 10.0 Å². The number of amides is 1. The van der Waals surface area contributed by atoms with E-state index in [1.54, 1.807) is 26.4 Å². The normalized spacial score (nSPS) is 16.2. The van der Waals surface area contributed by atoms with Crippen molar-refractivity contribution in [3.8, 4) is 11.5 Å². The maximum Gasteiger partial charge on any atom is 0.251 e. The van der Waals surface area contributed by atoms with Gasteiger partial charge in [0.15, 0.2) is 16.3 Å². The van der Waals surface area contributed by atoms with E-state index >= 15 is 0 Å². The Morgan fingerprint density at radius 2 is 1.74 bits per heavy atom. The number of hydrogen-bond acceptors (Lipinski definition) is 6. The molecule has 8 nitrogen and oxygen atoms in total. The average molecular weight is 524 g/mol. The predicted octanol–water partition coefficient (Wildman–Crippen LogP) is 3.92. The molecule has 1 aliphatic rings. The lowest BCUT2D eigenvalue weighted by molar-refractivity contribution is -0.122. The Bertz CT molecular complexity index is 1370. The van der Waals surface area contributed by atoms with Crippen LogP contribution in [0.5, 0.6) is 11.5 Å². The number of carbonyl (C=O) groups is 1. The highest BCUT2D eigenvalue weighted by molar-refractivity contribution is 7.89. The van der Waals surface area contributed by atoms with Crippen molar-refractivity contribution in [1.82, 2.24) is 8.87 Å². The number of aryl methyl sites for hydroxylation is 1. The van der Waals surface area contributed by atoms with Gasteiger partial charge in [0.25, 0.3) is 5.91 Å². The first kappa shape index (κ1) is 24.7. The highest BCUT2D eigenvalue weighted by atomic mass is 35.5. The summed E-state index contributed by atoms with van der Waals surface area (Å²) >= 11 is 7.29. The molecule has 182 valence electrons. The van der Waals surface area contributed by atoms with Gasteiger partial charge in [0.1, 0.15) is 0 Å². The molecule has 0 unspecified atom stereocenters. The summed E-state index contributed by atoms with van der Waals surface area (Å²) < 4.78 is 41.0. The molecule has 1 aromatic heterocycles. The number of ether oxygens (including phenoxy) is 2. The third-order valence-electron chi connectivity index (χ3n) is 5.96. The highest BCUT2D eigenvalue weighted by Crippen LogP contribution is 2.33.